The van der Waals surface area contributed by atoms with E-state index in [1.807, 2.05) is 60.7 Å². The van der Waals surface area contributed by atoms with Crippen LogP contribution in [-0.2, 0) is 4.79 Å². The Morgan fingerprint density at radius 3 is 1.61 bits per heavy atom. The van der Waals surface area contributed by atoms with E-state index in [1.165, 1.54) is 0 Å². The molecule has 2 rings (SSSR count). The first-order valence-electron chi connectivity index (χ1n) is 5.67. The van der Waals surface area contributed by atoms with E-state index in [1.54, 1.807) is 0 Å². The molecule has 92 valence electrons. The number of rotatable bonds is 4. The molecule has 2 aromatic carbocycles. The Morgan fingerprint density at radius 2 is 1.28 bits per heavy atom. The molecule has 2 aromatic rings. The summed E-state index contributed by atoms with van der Waals surface area (Å²) >= 11 is 3.28. The average molecular weight is 305 g/mol. The third-order valence-electron chi connectivity index (χ3n) is 2.85. The van der Waals surface area contributed by atoms with Crippen molar-refractivity contribution in [2.45, 2.75) is 10.7 Å². The molecule has 0 saturated carbocycles. The fourth-order valence-corrected chi connectivity index (χ4v) is 2.60. The van der Waals surface area contributed by atoms with Gasteiger partial charge in [-0.05, 0) is 11.1 Å². The van der Waals surface area contributed by atoms with Crippen molar-refractivity contribution in [3.05, 3.63) is 71.8 Å². The van der Waals surface area contributed by atoms with E-state index < -0.39 is 10.8 Å². The molecule has 18 heavy (non-hydrogen) atoms. The van der Waals surface area contributed by atoms with Crippen LogP contribution in [-0.4, -0.2) is 15.9 Å². The zero-order valence-corrected chi connectivity index (χ0v) is 11.2. The molecule has 2 nitrogen and oxygen atoms in total. The fourth-order valence-electron chi connectivity index (χ4n) is 1.99. The minimum atomic E-state index is -0.854. The molecule has 0 saturated heterocycles. The van der Waals surface area contributed by atoms with Crippen molar-refractivity contribution in [3.8, 4) is 0 Å². The Balaban J connectivity index is 2.45. The van der Waals surface area contributed by atoms with Gasteiger partial charge in [0.25, 0.3) is 0 Å². The molecule has 0 aliphatic rings. The highest BCUT2D eigenvalue weighted by molar-refractivity contribution is 9.10. The monoisotopic (exact) mass is 304 g/mol. The number of halogens is 1. The highest BCUT2D eigenvalue weighted by Gasteiger charge is 2.28. The van der Waals surface area contributed by atoms with Gasteiger partial charge in [-0.25, -0.2) is 0 Å². The molecule has 0 radical (unpaired) electrons. The van der Waals surface area contributed by atoms with Crippen LogP contribution in [0.4, 0.5) is 0 Å². The van der Waals surface area contributed by atoms with Crippen molar-refractivity contribution in [2.24, 2.45) is 0 Å². The first-order valence-corrected chi connectivity index (χ1v) is 6.58. The summed E-state index contributed by atoms with van der Waals surface area (Å²) in [6.07, 6.45) is 0. The number of aliphatic carboxylic acids is 1. The van der Waals surface area contributed by atoms with Gasteiger partial charge in [-0.1, -0.05) is 76.6 Å². The molecule has 3 heteroatoms. The number of alkyl halides is 1. The van der Waals surface area contributed by atoms with Crippen LogP contribution in [0.3, 0.4) is 0 Å². The summed E-state index contributed by atoms with van der Waals surface area (Å²) in [5.74, 6) is -1.04. The lowest BCUT2D eigenvalue weighted by Gasteiger charge is -2.20. The zero-order valence-electron chi connectivity index (χ0n) is 9.66. The Morgan fingerprint density at radius 1 is 0.889 bits per heavy atom. The molecular formula is C15H13BrO2. The lowest BCUT2D eigenvalue weighted by molar-refractivity contribution is -0.136. The second kappa shape index (κ2) is 5.83. The fraction of sp³-hybridized carbons (Fsp3) is 0.133. The Hall–Kier alpha value is -1.61. The van der Waals surface area contributed by atoms with Crippen LogP contribution in [0.25, 0.3) is 0 Å². The number of benzene rings is 2. The van der Waals surface area contributed by atoms with Crippen LogP contribution in [0, 0.1) is 0 Å². The topological polar surface area (TPSA) is 37.3 Å². The lowest BCUT2D eigenvalue weighted by Crippen LogP contribution is -2.22. The quantitative estimate of drug-likeness (QED) is 0.875. The number of carboxylic acids is 1. The highest BCUT2D eigenvalue weighted by atomic mass is 79.9. The molecule has 0 bridgehead atoms. The normalized spacial score (nSPS) is 12.3. The molecule has 0 aromatic heterocycles. The third kappa shape index (κ3) is 2.79. The molecule has 1 N–H and O–H groups in total. The van der Waals surface area contributed by atoms with Crippen LogP contribution in [0.2, 0.25) is 0 Å². The molecule has 0 aliphatic carbocycles. The smallest absolute Gasteiger partial charge is 0.318 e. The van der Waals surface area contributed by atoms with E-state index in [4.69, 9.17) is 0 Å². The summed E-state index contributed by atoms with van der Waals surface area (Å²) in [5, 5.41) is 9.23. The van der Waals surface area contributed by atoms with Crippen molar-refractivity contribution >= 4 is 21.9 Å². The standard InChI is InChI=1S/C15H13BrO2/c16-14(15(17)18)13(11-7-3-1-4-8-11)12-9-5-2-6-10-12/h1-10,13-14H,(H,17,18). The van der Waals surface area contributed by atoms with Gasteiger partial charge >= 0.3 is 5.97 Å². The highest BCUT2D eigenvalue weighted by Crippen LogP contribution is 2.32. The second-order valence-electron chi connectivity index (χ2n) is 4.04. The molecule has 0 amide bonds. The van der Waals surface area contributed by atoms with Crippen molar-refractivity contribution in [2.75, 3.05) is 0 Å². The number of hydrogen-bond donors (Lipinski definition) is 1. The van der Waals surface area contributed by atoms with E-state index in [0.717, 1.165) is 11.1 Å². The third-order valence-corrected chi connectivity index (χ3v) is 3.77. The van der Waals surface area contributed by atoms with E-state index in [2.05, 4.69) is 15.9 Å². The summed E-state index contributed by atoms with van der Waals surface area (Å²) in [6.45, 7) is 0. The average Bonchev–Trinajstić information content (AvgIpc) is 2.41. The number of carbonyl (C=O) groups is 1. The molecule has 0 spiro atoms. The van der Waals surface area contributed by atoms with Crippen LogP contribution in [0.5, 0.6) is 0 Å². The maximum atomic E-state index is 11.2. The molecule has 0 heterocycles. The maximum Gasteiger partial charge on any atom is 0.318 e. The van der Waals surface area contributed by atoms with Gasteiger partial charge in [0.05, 0.1) is 0 Å². The number of hydrogen-bond acceptors (Lipinski definition) is 1. The predicted octanol–water partition coefficient (Wildman–Crippen LogP) is 3.67. The summed E-state index contributed by atoms with van der Waals surface area (Å²) in [5.41, 5.74) is 1.99. The van der Waals surface area contributed by atoms with Gasteiger partial charge in [0, 0.05) is 5.92 Å². The van der Waals surface area contributed by atoms with Gasteiger partial charge in [-0.2, -0.15) is 0 Å². The van der Waals surface area contributed by atoms with Crippen LogP contribution in [0.15, 0.2) is 60.7 Å². The molecule has 0 fully saturated rings. The molecule has 0 aliphatic heterocycles. The van der Waals surface area contributed by atoms with Gasteiger partial charge in [-0.15, -0.1) is 0 Å². The van der Waals surface area contributed by atoms with Gasteiger partial charge in [0.15, 0.2) is 0 Å². The minimum Gasteiger partial charge on any atom is -0.480 e. The predicted molar refractivity (Wildman–Crippen MR) is 75.1 cm³/mol. The Bertz CT molecular complexity index is 471. The van der Waals surface area contributed by atoms with Crippen LogP contribution >= 0.6 is 15.9 Å². The minimum absolute atomic E-state index is 0.190. The van der Waals surface area contributed by atoms with E-state index in [9.17, 15) is 9.90 Å². The molecular weight excluding hydrogens is 292 g/mol. The summed E-state index contributed by atoms with van der Waals surface area (Å²) in [7, 11) is 0. The largest absolute Gasteiger partial charge is 0.480 e. The first-order chi connectivity index (χ1) is 8.70. The van der Waals surface area contributed by atoms with Gasteiger partial charge in [0.2, 0.25) is 0 Å². The summed E-state index contributed by atoms with van der Waals surface area (Å²) < 4.78 is 0. The van der Waals surface area contributed by atoms with Crippen LogP contribution in [0.1, 0.15) is 17.0 Å². The van der Waals surface area contributed by atoms with E-state index >= 15 is 0 Å². The number of carboxylic acid groups (broad SMARTS) is 1. The summed E-state index contributed by atoms with van der Waals surface area (Å²) in [4.78, 5) is 10.6. The zero-order chi connectivity index (χ0) is 13.0. The SMILES string of the molecule is O=C(O)C(Br)C(c1ccccc1)c1ccccc1. The van der Waals surface area contributed by atoms with E-state index in [-0.39, 0.29) is 5.92 Å². The maximum absolute atomic E-state index is 11.2. The van der Waals surface area contributed by atoms with Crippen molar-refractivity contribution in [3.63, 3.8) is 0 Å². The lowest BCUT2D eigenvalue weighted by atomic mass is 9.88. The Labute approximate surface area is 114 Å². The van der Waals surface area contributed by atoms with Gasteiger partial charge in [-0.3, -0.25) is 4.79 Å². The van der Waals surface area contributed by atoms with E-state index in [0.29, 0.717) is 0 Å². The Kier molecular flexibility index (Phi) is 4.15. The van der Waals surface area contributed by atoms with Crippen LogP contribution < -0.4 is 0 Å². The summed E-state index contributed by atoms with van der Waals surface area (Å²) in [6, 6.07) is 19.4. The molecule has 1 atom stereocenters. The second-order valence-corrected chi connectivity index (χ2v) is 5.03. The van der Waals surface area contributed by atoms with Gasteiger partial charge in [0.1, 0.15) is 4.83 Å². The van der Waals surface area contributed by atoms with Crippen molar-refractivity contribution in [1.82, 2.24) is 0 Å². The van der Waals surface area contributed by atoms with Crippen molar-refractivity contribution in [1.29, 1.82) is 0 Å². The van der Waals surface area contributed by atoms with Gasteiger partial charge < -0.3 is 5.11 Å². The first kappa shape index (κ1) is 12.8. The molecule has 1 unspecified atom stereocenters. The van der Waals surface area contributed by atoms with Crippen molar-refractivity contribution < 1.29 is 9.90 Å².